The highest BCUT2D eigenvalue weighted by Gasteiger charge is 2.30. The van der Waals surface area contributed by atoms with Crippen molar-refractivity contribution in [1.82, 2.24) is 0 Å². The standard InChI is InChI=1S/C40H48N2/c1-37(2,3)26-19-21-30(39(7,8)9)32(23-26)41-35-28-17-13-15-25-16-14-18-29(34(25)28)36(35)42-33-24-27(38(4,5)6)20-22-31(33)40(10,11)12/h13-24H,1-12H3. The number of aliphatic imine (C=N–C) groups is 2. The van der Waals surface area contributed by atoms with E-state index in [9.17, 15) is 0 Å². The molecule has 4 aromatic carbocycles. The number of rotatable bonds is 2. The van der Waals surface area contributed by atoms with Crippen LogP contribution in [-0.2, 0) is 21.7 Å². The Labute approximate surface area is 254 Å². The van der Waals surface area contributed by atoms with Crippen LogP contribution in [0.1, 0.15) is 116 Å². The van der Waals surface area contributed by atoms with Crippen molar-refractivity contribution in [3.8, 4) is 0 Å². The Hall–Kier alpha value is -3.52. The van der Waals surface area contributed by atoms with E-state index in [2.05, 4.69) is 156 Å². The van der Waals surface area contributed by atoms with Gasteiger partial charge in [0.05, 0.1) is 22.8 Å². The number of hydrogen-bond acceptors (Lipinski definition) is 2. The second-order valence-corrected chi connectivity index (χ2v) is 16.1. The average Bonchev–Trinajstić information content (AvgIpc) is 3.15. The summed E-state index contributed by atoms with van der Waals surface area (Å²) in [6.45, 7) is 27.3. The third kappa shape index (κ3) is 5.61. The first-order valence-electron chi connectivity index (χ1n) is 15.4. The minimum Gasteiger partial charge on any atom is -0.246 e. The van der Waals surface area contributed by atoms with Crippen molar-refractivity contribution in [2.75, 3.05) is 0 Å². The molecule has 0 saturated carbocycles. The molecule has 0 spiro atoms. The van der Waals surface area contributed by atoms with E-state index in [0.717, 1.165) is 33.9 Å². The predicted molar refractivity (Wildman–Crippen MR) is 184 cm³/mol. The van der Waals surface area contributed by atoms with Crippen LogP contribution in [0, 0.1) is 0 Å². The lowest BCUT2D eigenvalue weighted by Gasteiger charge is -2.26. The normalized spacial score (nSPS) is 16.2. The molecule has 0 aromatic heterocycles. The van der Waals surface area contributed by atoms with Gasteiger partial charge >= 0.3 is 0 Å². The minimum absolute atomic E-state index is 0.0237. The topological polar surface area (TPSA) is 24.7 Å². The van der Waals surface area contributed by atoms with E-state index in [1.54, 1.807) is 0 Å². The average molecular weight is 557 g/mol. The van der Waals surface area contributed by atoms with E-state index in [-0.39, 0.29) is 21.7 Å². The van der Waals surface area contributed by atoms with Crippen molar-refractivity contribution >= 4 is 33.6 Å². The lowest BCUT2D eigenvalue weighted by molar-refractivity contribution is 0.578. The van der Waals surface area contributed by atoms with Gasteiger partial charge in [-0.3, -0.25) is 0 Å². The highest BCUT2D eigenvalue weighted by molar-refractivity contribution is 6.61. The molecule has 218 valence electrons. The fourth-order valence-corrected chi connectivity index (χ4v) is 5.91. The Morgan fingerprint density at radius 1 is 0.429 bits per heavy atom. The molecule has 0 heterocycles. The molecule has 0 saturated heterocycles. The number of hydrogen-bond donors (Lipinski definition) is 0. The highest BCUT2D eigenvalue weighted by atomic mass is 14.8. The van der Waals surface area contributed by atoms with Crippen LogP contribution in [0.5, 0.6) is 0 Å². The summed E-state index contributed by atoms with van der Waals surface area (Å²) in [5.41, 5.74) is 11.3. The van der Waals surface area contributed by atoms with Gasteiger partial charge in [-0.1, -0.05) is 144 Å². The number of nitrogens with zero attached hydrogens (tertiary/aromatic N) is 2. The molecule has 0 amide bonds. The second-order valence-electron chi connectivity index (χ2n) is 16.1. The van der Waals surface area contributed by atoms with Gasteiger partial charge in [0, 0.05) is 16.5 Å². The first-order valence-corrected chi connectivity index (χ1v) is 15.4. The molecular weight excluding hydrogens is 508 g/mol. The molecule has 4 aromatic rings. The van der Waals surface area contributed by atoms with Crippen molar-refractivity contribution in [3.63, 3.8) is 0 Å². The molecule has 0 radical (unpaired) electrons. The molecule has 0 N–H and O–H groups in total. The van der Waals surface area contributed by atoms with Crippen LogP contribution < -0.4 is 0 Å². The van der Waals surface area contributed by atoms with Crippen molar-refractivity contribution in [3.05, 3.63) is 106 Å². The van der Waals surface area contributed by atoms with E-state index < -0.39 is 0 Å². The van der Waals surface area contributed by atoms with Gasteiger partial charge in [-0.05, 0) is 61.4 Å². The second kappa shape index (κ2) is 10.0. The van der Waals surface area contributed by atoms with Crippen LogP contribution in [0.3, 0.4) is 0 Å². The van der Waals surface area contributed by atoms with Crippen LogP contribution in [0.25, 0.3) is 10.8 Å². The fraction of sp³-hybridized carbons (Fsp3) is 0.400. The molecule has 0 aliphatic heterocycles. The van der Waals surface area contributed by atoms with E-state index in [1.165, 1.54) is 33.0 Å². The van der Waals surface area contributed by atoms with Crippen LogP contribution in [0.15, 0.2) is 82.8 Å². The van der Waals surface area contributed by atoms with Crippen molar-refractivity contribution in [1.29, 1.82) is 0 Å². The smallest absolute Gasteiger partial charge is 0.0978 e. The van der Waals surface area contributed by atoms with Crippen molar-refractivity contribution in [2.24, 2.45) is 9.98 Å². The minimum atomic E-state index is -0.0506. The largest absolute Gasteiger partial charge is 0.246 e. The Bertz CT molecular complexity index is 1610. The SMILES string of the molecule is CC(C)(C)c1ccc(C(C)(C)C)c(N=C2C(=Nc3cc(C(C)(C)C)ccc3C(C)(C)C)c3cccc4cccc2c34)c1. The van der Waals surface area contributed by atoms with Crippen molar-refractivity contribution in [2.45, 2.75) is 105 Å². The van der Waals surface area contributed by atoms with Gasteiger partial charge in [-0.25, -0.2) is 9.98 Å². The zero-order chi connectivity index (χ0) is 30.8. The van der Waals surface area contributed by atoms with Crippen molar-refractivity contribution < 1.29 is 0 Å². The summed E-state index contributed by atoms with van der Waals surface area (Å²) in [7, 11) is 0. The molecule has 0 bridgehead atoms. The van der Waals surface area contributed by atoms with Gasteiger partial charge in [-0.2, -0.15) is 0 Å². The first-order chi connectivity index (χ1) is 19.4. The molecule has 42 heavy (non-hydrogen) atoms. The van der Waals surface area contributed by atoms with E-state index >= 15 is 0 Å². The van der Waals surface area contributed by atoms with Crippen LogP contribution >= 0.6 is 0 Å². The lowest BCUT2D eigenvalue weighted by atomic mass is 9.81. The number of benzene rings is 4. The van der Waals surface area contributed by atoms with Crippen LogP contribution in [0.2, 0.25) is 0 Å². The summed E-state index contributed by atoms with van der Waals surface area (Å²) in [4.78, 5) is 11.1. The lowest BCUT2D eigenvalue weighted by Crippen LogP contribution is -2.17. The van der Waals surface area contributed by atoms with Crippen LogP contribution in [0.4, 0.5) is 11.4 Å². The van der Waals surface area contributed by atoms with E-state index in [4.69, 9.17) is 9.98 Å². The Balaban J connectivity index is 1.86. The maximum absolute atomic E-state index is 5.56. The maximum Gasteiger partial charge on any atom is 0.0978 e. The van der Waals surface area contributed by atoms with Gasteiger partial charge < -0.3 is 0 Å². The quantitative estimate of drug-likeness (QED) is 0.235. The Morgan fingerprint density at radius 2 is 0.810 bits per heavy atom. The molecule has 1 aliphatic rings. The third-order valence-corrected chi connectivity index (χ3v) is 8.45. The molecule has 0 fully saturated rings. The van der Waals surface area contributed by atoms with Gasteiger partial charge in [0.25, 0.3) is 0 Å². The van der Waals surface area contributed by atoms with Gasteiger partial charge in [-0.15, -0.1) is 0 Å². The molecule has 0 unspecified atom stereocenters. The zero-order valence-corrected chi connectivity index (χ0v) is 27.8. The van der Waals surface area contributed by atoms with E-state index in [0.29, 0.717) is 0 Å². The highest BCUT2D eigenvalue weighted by Crippen LogP contribution is 2.41. The molecule has 2 heteroatoms. The predicted octanol–water partition coefficient (Wildman–Crippen LogP) is 11.3. The fourth-order valence-electron chi connectivity index (χ4n) is 5.91. The van der Waals surface area contributed by atoms with Gasteiger partial charge in [0.2, 0.25) is 0 Å². The summed E-state index contributed by atoms with van der Waals surface area (Å²) >= 11 is 0. The van der Waals surface area contributed by atoms with Crippen LogP contribution in [-0.4, -0.2) is 11.4 Å². The van der Waals surface area contributed by atoms with Gasteiger partial charge in [0.1, 0.15) is 0 Å². The molecular formula is C40H48N2. The van der Waals surface area contributed by atoms with E-state index in [1.807, 2.05) is 0 Å². The summed E-state index contributed by atoms with van der Waals surface area (Å²) in [5.74, 6) is 0. The zero-order valence-electron chi connectivity index (χ0n) is 27.8. The summed E-state index contributed by atoms with van der Waals surface area (Å²) in [5, 5.41) is 2.47. The monoisotopic (exact) mass is 556 g/mol. The van der Waals surface area contributed by atoms with Gasteiger partial charge in [0.15, 0.2) is 0 Å². The Morgan fingerprint density at radius 3 is 1.14 bits per heavy atom. The summed E-state index contributed by atoms with van der Waals surface area (Å²) < 4.78 is 0. The molecule has 5 rings (SSSR count). The maximum atomic E-state index is 5.56. The summed E-state index contributed by atoms with van der Waals surface area (Å²) in [6, 6.07) is 26.8. The first kappa shape index (κ1) is 30.0. The summed E-state index contributed by atoms with van der Waals surface area (Å²) in [6.07, 6.45) is 0. The molecule has 0 atom stereocenters. The Kier molecular flexibility index (Phi) is 7.16. The molecule has 2 nitrogen and oxygen atoms in total. The molecule has 1 aliphatic carbocycles. The third-order valence-electron chi connectivity index (χ3n) is 8.45.